The molecule has 276 valence electrons. The maximum absolute atomic E-state index is 6.29. The minimum absolute atomic E-state index is 0.234. The van der Waals surface area contributed by atoms with Gasteiger partial charge in [0.05, 0.1) is 99.1 Å². The molecule has 0 heterocycles. The lowest BCUT2D eigenvalue weighted by Gasteiger charge is -2.19. The Morgan fingerprint density at radius 3 is 1.34 bits per heavy atom. The van der Waals surface area contributed by atoms with Gasteiger partial charge in [0.25, 0.3) is 0 Å². The zero-order valence-electron chi connectivity index (χ0n) is 29.5. The van der Waals surface area contributed by atoms with E-state index >= 15 is 0 Å². The number of halogens is 2. The molecule has 0 saturated heterocycles. The summed E-state index contributed by atoms with van der Waals surface area (Å²) in [6, 6.07) is 4.39. The normalized spacial score (nSPS) is 11.7. The fourth-order valence-electron chi connectivity index (χ4n) is 4.68. The van der Waals surface area contributed by atoms with Gasteiger partial charge >= 0.3 is 0 Å². The second-order valence-corrected chi connectivity index (χ2v) is 13.2. The SMILES string of the molecule is CCCCCCCCCCCCc1cc(Br)c(COC(COCCOCCOCCOC)COCCOCCOCCOC)cc1Br. The monoisotopic (exact) mass is 798 g/mol. The van der Waals surface area contributed by atoms with Crippen LogP contribution >= 0.6 is 31.9 Å². The van der Waals surface area contributed by atoms with E-state index in [-0.39, 0.29) is 6.10 Å². The zero-order chi connectivity index (χ0) is 34.0. The molecule has 1 aromatic rings. The Bertz CT molecular complexity index is 795. The topological polar surface area (TPSA) is 83.1 Å². The molecule has 0 aromatic heterocycles. The third-order valence-electron chi connectivity index (χ3n) is 7.45. The van der Waals surface area contributed by atoms with E-state index in [1.165, 1.54) is 69.8 Å². The summed E-state index contributed by atoms with van der Waals surface area (Å²) in [5.74, 6) is 0. The predicted octanol–water partition coefficient (Wildman–Crippen LogP) is 7.95. The molecule has 0 atom stereocenters. The van der Waals surface area contributed by atoms with Gasteiger partial charge in [0.15, 0.2) is 0 Å². The Labute approximate surface area is 302 Å². The van der Waals surface area contributed by atoms with Crippen molar-refractivity contribution in [2.45, 2.75) is 90.3 Å². The molecule has 0 fully saturated rings. The molecule has 0 spiro atoms. The van der Waals surface area contributed by atoms with Crippen molar-refractivity contribution in [1.82, 2.24) is 0 Å². The van der Waals surface area contributed by atoms with Crippen LogP contribution in [0.4, 0.5) is 0 Å². The molecule has 1 aromatic carbocycles. The molecule has 47 heavy (non-hydrogen) atoms. The van der Waals surface area contributed by atoms with Gasteiger partial charge < -0.3 is 42.6 Å². The maximum atomic E-state index is 6.29. The average molecular weight is 801 g/mol. The van der Waals surface area contributed by atoms with Crippen molar-refractivity contribution in [3.63, 3.8) is 0 Å². The highest BCUT2D eigenvalue weighted by molar-refractivity contribution is 9.11. The summed E-state index contributed by atoms with van der Waals surface area (Å²) in [7, 11) is 3.31. The van der Waals surface area contributed by atoms with Gasteiger partial charge in [0.2, 0.25) is 0 Å². The molecular weight excluding hydrogens is 736 g/mol. The maximum Gasteiger partial charge on any atom is 0.105 e. The highest BCUT2D eigenvalue weighted by Gasteiger charge is 2.14. The molecule has 0 unspecified atom stereocenters. The van der Waals surface area contributed by atoms with Crippen LogP contribution in [-0.2, 0) is 55.7 Å². The van der Waals surface area contributed by atoms with Crippen LogP contribution in [0.15, 0.2) is 21.1 Å². The lowest BCUT2D eigenvalue weighted by Crippen LogP contribution is -2.27. The molecule has 0 amide bonds. The standard InChI is InChI=1S/C36H64Br2O9/c1-4-5-6-7-8-9-10-11-12-13-14-32-27-36(38)33(28-35(32)37)29-47-34(30-45-25-23-43-21-19-41-17-15-39-2)31-46-26-24-44-22-20-42-18-16-40-3/h27-28,34H,4-26,29-31H2,1-3H3. The van der Waals surface area contributed by atoms with E-state index in [1.807, 2.05) is 0 Å². The molecule has 0 aliphatic carbocycles. The van der Waals surface area contributed by atoms with Gasteiger partial charge in [-0.05, 0) is 36.1 Å². The Morgan fingerprint density at radius 2 is 0.872 bits per heavy atom. The number of hydrogen-bond acceptors (Lipinski definition) is 9. The Kier molecular flexibility index (Phi) is 32.7. The number of rotatable bonds is 36. The lowest BCUT2D eigenvalue weighted by atomic mass is 10.0. The summed E-state index contributed by atoms with van der Waals surface area (Å²) in [5.41, 5.74) is 2.42. The van der Waals surface area contributed by atoms with E-state index < -0.39 is 0 Å². The minimum Gasteiger partial charge on any atom is -0.382 e. The molecule has 0 aliphatic heterocycles. The van der Waals surface area contributed by atoms with E-state index in [4.69, 9.17) is 42.6 Å². The highest BCUT2D eigenvalue weighted by Crippen LogP contribution is 2.28. The molecule has 9 nitrogen and oxygen atoms in total. The van der Waals surface area contributed by atoms with Crippen LogP contribution in [0.3, 0.4) is 0 Å². The summed E-state index contributed by atoms with van der Waals surface area (Å²) in [5, 5.41) is 0. The number of unbranched alkanes of at least 4 members (excludes halogenated alkanes) is 9. The molecule has 0 radical (unpaired) electrons. The van der Waals surface area contributed by atoms with E-state index in [0.717, 1.165) is 20.9 Å². The zero-order valence-corrected chi connectivity index (χ0v) is 32.7. The van der Waals surface area contributed by atoms with Crippen LogP contribution in [0.5, 0.6) is 0 Å². The van der Waals surface area contributed by atoms with E-state index in [0.29, 0.717) is 99.1 Å². The molecule has 0 saturated carbocycles. The summed E-state index contributed by atoms with van der Waals surface area (Å²) in [4.78, 5) is 0. The van der Waals surface area contributed by atoms with Crippen LogP contribution in [-0.4, -0.2) is 113 Å². The van der Waals surface area contributed by atoms with E-state index in [1.54, 1.807) is 14.2 Å². The summed E-state index contributed by atoms with van der Waals surface area (Å²) in [6.07, 6.45) is 14.3. The summed E-state index contributed by atoms with van der Waals surface area (Å²) in [6.45, 7) is 9.83. The third kappa shape index (κ3) is 27.3. The van der Waals surface area contributed by atoms with Crippen LogP contribution in [0.2, 0.25) is 0 Å². The number of hydrogen-bond donors (Lipinski definition) is 0. The second-order valence-electron chi connectivity index (χ2n) is 11.5. The first-order chi connectivity index (χ1) is 23.1. The molecule has 0 bridgehead atoms. The second kappa shape index (κ2) is 34.3. The van der Waals surface area contributed by atoms with Crippen molar-refractivity contribution in [3.05, 3.63) is 32.2 Å². The number of ether oxygens (including phenoxy) is 9. The highest BCUT2D eigenvalue weighted by atomic mass is 79.9. The number of benzene rings is 1. The molecule has 0 N–H and O–H groups in total. The van der Waals surface area contributed by atoms with Crippen molar-refractivity contribution in [2.24, 2.45) is 0 Å². The smallest absolute Gasteiger partial charge is 0.105 e. The van der Waals surface area contributed by atoms with Crippen molar-refractivity contribution in [3.8, 4) is 0 Å². The van der Waals surface area contributed by atoms with E-state index in [2.05, 4.69) is 50.9 Å². The van der Waals surface area contributed by atoms with Crippen LogP contribution in [0.1, 0.15) is 82.3 Å². The van der Waals surface area contributed by atoms with Gasteiger partial charge in [-0.1, -0.05) is 96.6 Å². The minimum atomic E-state index is -0.234. The van der Waals surface area contributed by atoms with Gasteiger partial charge in [-0.25, -0.2) is 0 Å². The fourth-order valence-corrected chi connectivity index (χ4v) is 5.77. The van der Waals surface area contributed by atoms with Crippen LogP contribution < -0.4 is 0 Å². The number of methoxy groups -OCH3 is 2. The predicted molar refractivity (Wildman–Crippen MR) is 195 cm³/mol. The van der Waals surface area contributed by atoms with E-state index in [9.17, 15) is 0 Å². The van der Waals surface area contributed by atoms with Gasteiger partial charge in [-0.2, -0.15) is 0 Å². The third-order valence-corrected chi connectivity index (χ3v) is 8.93. The van der Waals surface area contributed by atoms with Crippen molar-refractivity contribution in [1.29, 1.82) is 0 Å². The Morgan fingerprint density at radius 1 is 0.489 bits per heavy atom. The largest absolute Gasteiger partial charge is 0.382 e. The van der Waals surface area contributed by atoms with Crippen LogP contribution in [0.25, 0.3) is 0 Å². The Balaban J connectivity index is 2.42. The van der Waals surface area contributed by atoms with Crippen molar-refractivity contribution < 1.29 is 42.6 Å². The first kappa shape index (κ1) is 44.8. The van der Waals surface area contributed by atoms with Gasteiger partial charge in [0, 0.05) is 23.2 Å². The van der Waals surface area contributed by atoms with Crippen LogP contribution in [0, 0.1) is 0 Å². The van der Waals surface area contributed by atoms with Gasteiger partial charge in [-0.15, -0.1) is 0 Å². The molecule has 0 aliphatic rings. The summed E-state index contributed by atoms with van der Waals surface area (Å²) < 4.78 is 52.2. The van der Waals surface area contributed by atoms with Crippen molar-refractivity contribution >= 4 is 31.9 Å². The number of aryl methyl sites for hydroxylation is 1. The molecule has 1 rings (SSSR count). The first-order valence-corrected chi connectivity index (χ1v) is 19.2. The summed E-state index contributed by atoms with van der Waals surface area (Å²) >= 11 is 7.59. The lowest BCUT2D eigenvalue weighted by molar-refractivity contribution is -0.0812. The molecular formula is C36H64Br2O9. The Hall–Kier alpha value is -0.180. The van der Waals surface area contributed by atoms with Gasteiger partial charge in [0.1, 0.15) is 6.10 Å². The first-order valence-electron chi connectivity index (χ1n) is 17.6. The quantitative estimate of drug-likeness (QED) is 0.0629. The van der Waals surface area contributed by atoms with Crippen molar-refractivity contribution in [2.75, 3.05) is 107 Å². The average Bonchev–Trinajstić information content (AvgIpc) is 3.07. The fraction of sp³-hybridized carbons (Fsp3) is 0.833. The molecule has 11 heteroatoms. The van der Waals surface area contributed by atoms with Gasteiger partial charge in [-0.3, -0.25) is 0 Å².